The molecule has 3 heterocycles. The van der Waals surface area contributed by atoms with E-state index >= 15 is 0 Å². The van der Waals surface area contributed by atoms with E-state index in [2.05, 4.69) is 20.5 Å². The summed E-state index contributed by atoms with van der Waals surface area (Å²) in [5.41, 5.74) is 3.26. The lowest BCUT2D eigenvalue weighted by Gasteiger charge is -2.33. The molecule has 1 saturated heterocycles. The van der Waals surface area contributed by atoms with Crippen LogP contribution in [0, 0.1) is 6.92 Å². The summed E-state index contributed by atoms with van der Waals surface area (Å²) >= 11 is 1.59. The Labute approximate surface area is 144 Å². The first-order valence-corrected chi connectivity index (χ1v) is 9.20. The van der Waals surface area contributed by atoms with Gasteiger partial charge in [0.2, 0.25) is 0 Å². The van der Waals surface area contributed by atoms with E-state index in [-0.39, 0.29) is 18.2 Å². The molecule has 7 nitrogen and oxygen atoms in total. The number of aromatic nitrogens is 3. The lowest BCUT2D eigenvalue weighted by molar-refractivity contribution is -0.0160. The lowest BCUT2D eigenvalue weighted by atomic mass is 9.94. The van der Waals surface area contributed by atoms with Crippen LogP contribution in [0.1, 0.15) is 46.9 Å². The van der Waals surface area contributed by atoms with Gasteiger partial charge in [-0.2, -0.15) is 5.10 Å². The van der Waals surface area contributed by atoms with Gasteiger partial charge in [0, 0.05) is 17.6 Å². The van der Waals surface area contributed by atoms with Crippen molar-refractivity contribution in [1.82, 2.24) is 25.4 Å². The maximum Gasteiger partial charge on any atom is 0.318 e. The van der Waals surface area contributed by atoms with Gasteiger partial charge in [-0.3, -0.25) is 5.10 Å². The molecule has 0 spiro atoms. The zero-order valence-corrected chi connectivity index (χ0v) is 14.4. The predicted octanol–water partition coefficient (Wildman–Crippen LogP) is 2.34. The van der Waals surface area contributed by atoms with Crippen LogP contribution in [0.3, 0.4) is 0 Å². The zero-order valence-electron chi connectivity index (χ0n) is 13.6. The van der Waals surface area contributed by atoms with Crippen LogP contribution in [0.4, 0.5) is 4.79 Å². The molecule has 1 aliphatic carbocycles. The normalized spacial score (nSPS) is 23.8. The minimum absolute atomic E-state index is 0.0205. The second-order valence-corrected chi connectivity index (χ2v) is 7.23. The number of fused-ring (bicyclic) bond motifs is 1. The van der Waals surface area contributed by atoms with Gasteiger partial charge in [0.1, 0.15) is 11.1 Å². The van der Waals surface area contributed by atoms with Crippen LogP contribution >= 0.6 is 11.3 Å². The average molecular weight is 347 g/mol. The van der Waals surface area contributed by atoms with Gasteiger partial charge in [0.05, 0.1) is 31.1 Å². The second-order valence-electron chi connectivity index (χ2n) is 6.34. The third-order valence-electron chi connectivity index (χ3n) is 4.60. The van der Waals surface area contributed by atoms with Gasteiger partial charge < -0.3 is 15.0 Å². The Morgan fingerprint density at radius 3 is 3.29 bits per heavy atom. The van der Waals surface area contributed by atoms with Crippen molar-refractivity contribution in [2.24, 2.45) is 0 Å². The molecule has 2 N–H and O–H groups in total. The molecule has 2 aromatic heterocycles. The van der Waals surface area contributed by atoms with E-state index in [0.717, 1.165) is 35.7 Å². The lowest BCUT2D eigenvalue weighted by Crippen LogP contribution is -2.48. The SMILES string of the molecule is Cc1csc([C@H]2CN(C(=O)N[C@@H]3CCCc4cn[nH]c43)CCO2)n1. The van der Waals surface area contributed by atoms with Gasteiger partial charge in [-0.05, 0) is 31.7 Å². The van der Waals surface area contributed by atoms with Crippen molar-refractivity contribution in [1.29, 1.82) is 0 Å². The number of urea groups is 1. The summed E-state index contributed by atoms with van der Waals surface area (Å²) in [5, 5.41) is 13.3. The number of hydrogen-bond donors (Lipinski definition) is 2. The van der Waals surface area contributed by atoms with E-state index in [0.29, 0.717) is 19.7 Å². The molecule has 0 radical (unpaired) electrons. The van der Waals surface area contributed by atoms with Gasteiger partial charge in [0.15, 0.2) is 0 Å². The molecular weight excluding hydrogens is 326 g/mol. The summed E-state index contributed by atoms with van der Waals surface area (Å²) < 4.78 is 5.80. The number of nitrogens with one attached hydrogen (secondary N) is 2. The number of H-pyrrole nitrogens is 1. The van der Waals surface area contributed by atoms with Crippen LogP contribution in [-0.4, -0.2) is 45.8 Å². The fourth-order valence-corrected chi connectivity index (χ4v) is 4.19. The summed E-state index contributed by atoms with van der Waals surface area (Å²) in [4.78, 5) is 19.0. The van der Waals surface area contributed by atoms with Crippen molar-refractivity contribution in [3.05, 3.63) is 33.5 Å². The summed E-state index contributed by atoms with van der Waals surface area (Å²) in [6, 6.07) is -0.0174. The topological polar surface area (TPSA) is 83.1 Å². The molecule has 2 amide bonds. The molecule has 24 heavy (non-hydrogen) atoms. The van der Waals surface area contributed by atoms with Crippen LogP contribution < -0.4 is 5.32 Å². The highest BCUT2D eigenvalue weighted by molar-refractivity contribution is 7.09. The minimum atomic E-state index is -0.128. The van der Waals surface area contributed by atoms with Gasteiger partial charge >= 0.3 is 6.03 Å². The Morgan fingerprint density at radius 2 is 2.46 bits per heavy atom. The fraction of sp³-hybridized carbons (Fsp3) is 0.562. The number of carbonyl (C=O) groups excluding carboxylic acids is 1. The number of morpholine rings is 1. The third-order valence-corrected chi connectivity index (χ3v) is 5.66. The van der Waals surface area contributed by atoms with Crippen molar-refractivity contribution >= 4 is 17.4 Å². The van der Waals surface area contributed by atoms with E-state index in [1.54, 1.807) is 11.3 Å². The minimum Gasteiger partial charge on any atom is -0.367 e. The molecule has 2 atom stereocenters. The maximum atomic E-state index is 12.7. The number of hydrogen-bond acceptors (Lipinski definition) is 5. The van der Waals surface area contributed by atoms with Crippen molar-refractivity contribution in [2.75, 3.05) is 19.7 Å². The Hall–Kier alpha value is -1.93. The average Bonchev–Trinajstić information content (AvgIpc) is 3.24. The van der Waals surface area contributed by atoms with Crippen LogP contribution in [0.25, 0.3) is 0 Å². The smallest absolute Gasteiger partial charge is 0.318 e. The van der Waals surface area contributed by atoms with Crippen molar-refractivity contribution in [3.8, 4) is 0 Å². The fourth-order valence-electron chi connectivity index (χ4n) is 3.35. The van der Waals surface area contributed by atoms with E-state index in [1.165, 1.54) is 5.56 Å². The molecule has 2 aromatic rings. The molecule has 0 unspecified atom stereocenters. The van der Waals surface area contributed by atoms with E-state index < -0.39 is 0 Å². The first kappa shape index (κ1) is 15.6. The first-order valence-electron chi connectivity index (χ1n) is 8.32. The van der Waals surface area contributed by atoms with Gasteiger partial charge in [-0.1, -0.05) is 0 Å². The summed E-state index contributed by atoms with van der Waals surface area (Å²) in [6.45, 7) is 3.66. The Kier molecular flexibility index (Phi) is 4.24. The number of carbonyl (C=O) groups is 1. The monoisotopic (exact) mass is 347 g/mol. The summed E-state index contributed by atoms with van der Waals surface area (Å²) in [7, 11) is 0. The van der Waals surface area contributed by atoms with E-state index in [9.17, 15) is 4.79 Å². The number of amides is 2. The number of aryl methyl sites for hydroxylation is 2. The van der Waals surface area contributed by atoms with Gasteiger partial charge in [-0.15, -0.1) is 11.3 Å². The number of ether oxygens (including phenoxy) is 1. The highest BCUT2D eigenvalue weighted by Gasteiger charge is 2.30. The largest absolute Gasteiger partial charge is 0.367 e. The van der Waals surface area contributed by atoms with Gasteiger partial charge in [0.25, 0.3) is 0 Å². The molecule has 0 aromatic carbocycles. The standard InChI is InChI=1S/C16H21N5O2S/c1-10-9-24-15(18-10)13-8-21(5-6-23-13)16(22)19-12-4-2-3-11-7-17-20-14(11)12/h7,9,12-13H,2-6,8H2,1H3,(H,17,20)(H,19,22)/t12-,13-/m1/s1. The molecular formula is C16H21N5O2S. The number of rotatable bonds is 2. The Balaban J connectivity index is 1.42. The third kappa shape index (κ3) is 3.03. The van der Waals surface area contributed by atoms with Crippen molar-refractivity contribution in [3.63, 3.8) is 0 Å². The highest BCUT2D eigenvalue weighted by Crippen LogP contribution is 2.29. The van der Waals surface area contributed by atoms with Crippen LogP contribution in [-0.2, 0) is 11.2 Å². The van der Waals surface area contributed by atoms with Crippen LogP contribution in [0.15, 0.2) is 11.6 Å². The molecule has 0 bridgehead atoms. The molecule has 8 heteroatoms. The van der Waals surface area contributed by atoms with E-state index in [4.69, 9.17) is 4.74 Å². The number of nitrogens with zero attached hydrogens (tertiary/aromatic N) is 3. The van der Waals surface area contributed by atoms with Crippen molar-refractivity contribution in [2.45, 2.75) is 38.3 Å². The maximum absolute atomic E-state index is 12.7. The number of aromatic amines is 1. The predicted molar refractivity (Wildman–Crippen MR) is 89.9 cm³/mol. The molecule has 1 fully saturated rings. The molecule has 1 aliphatic heterocycles. The first-order chi connectivity index (χ1) is 11.7. The molecule has 128 valence electrons. The molecule has 0 saturated carbocycles. The van der Waals surface area contributed by atoms with E-state index in [1.807, 2.05) is 23.4 Å². The highest BCUT2D eigenvalue weighted by atomic mass is 32.1. The van der Waals surface area contributed by atoms with Gasteiger partial charge in [-0.25, -0.2) is 9.78 Å². The number of thiazole rings is 1. The quantitative estimate of drug-likeness (QED) is 0.873. The molecule has 2 aliphatic rings. The van der Waals surface area contributed by atoms with Crippen LogP contribution in [0.5, 0.6) is 0 Å². The summed E-state index contributed by atoms with van der Waals surface area (Å²) in [5.74, 6) is 0. The van der Waals surface area contributed by atoms with Crippen molar-refractivity contribution < 1.29 is 9.53 Å². The Bertz CT molecular complexity index is 728. The van der Waals surface area contributed by atoms with Crippen LogP contribution in [0.2, 0.25) is 0 Å². The second kappa shape index (κ2) is 6.52. The Morgan fingerprint density at radius 1 is 1.54 bits per heavy atom. The summed E-state index contributed by atoms with van der Waals surface area (Å²) in [6.07, 6.45) is 4.78. The molecule has 4 rings (SSSR count). The zero-order chi connectivity index (χ0) is 16.5.